The van der Waals surface area contributed by atoms with Crippen molar-refractivity contribution in [2.75, 3.05) is 0 Å². The van der Waals surface area contributed by atoms with Crippen LogP contribution in [0.25, 0.3) is 33.9 Å². The fourth-order valence-electron chi connectivity index (χ4n) is 4.11. The van der Waals surface area contributed by atoms with Crippen LogP contribution >= 0.6 is 0 Å². The Hall–Kier alpha value is -4.07. The van der Waals surface area contributed by atoms with E-state index < -0.39 is 0 Å². The zero-order valence-electron chi connectivity index (χ0n) is 19.1. The molecule has 166 valence electrons. The lowest BCUT2D eigenvalue weighted by atomic mass is 10.0. The number of hydrogen-bond acceptors (Lipinski definition) is 5. The van der Waals surface area contributed by atoms with E-state index in [9.17, 15) is 4.79 Å². The van der Waals surface area contributed by atoms with Crippen molar-refractivity contribution in [3.8, 4) is 22.8 Å². The zero-order chi connectivity index (χ0) is 23.1. The van der Waals surface area contributed by atoms with Crippen LogP contribution in [0, 0.1) is 6.92 Å². The van der Waals surface area contributed by atoms with Crippen molar-refractivity contribution in [1.29, 1.82) is 0 Å². The quantitative estimate of drug-likeness (QED) is 0.446. The van der Waals surface area contributed by atoms with Crippen LogP contribution in [0.5, 0.6) is 0 Å². The molecule has 0 bridgehead atoms. The van der Waals surface area contributed by atoms with Crippen LogP contribution in [-0.4, -0.2) is 34.1 Å². The van der Waals surface area contributed by atoms with Gasteiger partial charge in [0.1, 0.15) is 11.3 Å². The molecule has 8 nitrogen and oxygen atoms in total. The molecular formula is C25H25N7O. The van der Waals surface area contributed by atoms with Gasteiger partial charge in [0.2, 0.25) is 0 Å². The van der Waals surface area contributed by atoms with Gasteiger partial charge in [0.25, 0.3) is 0 Å². The molecule has 0 atom stereocenters. The Morgan fingerprint density at radius 3 is 2.55 bits per heavy atom. The highest BCUT2D eigenvalue weighted by atomic mass is 16.1. The monoisotopic (exact) mass is 439 g/mol. The van der Waals surface area contributed by atoms with Crippen molar-refractivity contribution in [2.45, 2.75) is 33.2 Å². The predicted octanol–water partition coefficient (Wildman–Crippen LogP) is 4.06. The highest BCUT2D eigenvalue weighted by Gasteiger charge is 2.16. The normalized spacial score (nSPS) is 11.5. The SMILES string of the molecule is Cc1cn(C)c(-c2ccc(Cn3c(=O)[nH]c4cnc(-c5cccnc5C(C)C)nc43)cc2)n1. The first-order chi connectivity index (χ1) is 15.9. The Morgan fingerprint density at radius 1 is 1.06 bits per heavy atom. The third-order valence-corrected chi connectivity index (χ3v) is 5.69. The number of hydrogen-bond donors (Lipinski definition) is 1. The van der Waals surface area contributed by atoms with E-state index >= 15 is 0 Å². The van der Waals surface area contributed by atoms with Crippen molar-refractivity contribution < 1.29 is 0 Å². The minimum Gasteiger partial charge on any atom is -0.334 e. The Morgan fingerprint density at radius 2 is 1.85 bits per heavy atom. The number of aromatic amines is 1. The van der Waals surface area contributed by atoms with Crippen LogP contribution < -0.4 is 5.69 Å². The molecule has 0 spiro atoms. The van der Waals surface area contributed by atoms with E-state index in [-0.39, 0.29) is 11.6 Å². The average Bonchev–Trinajstić information content (AvgIpc) is 3.31. The van der Waals surface area contributed by atoms with Gasteiger partial charge in [0.15, 0.2) is 11.5 Å². The zero-order valence-corrected chi connectivity index (χ0v) is 19.1. The lowest BCUT2D eigenvalue weighted by molar-refractivity contribution is 0.777. The van der Waals surface area contributed by atoms with Gasteiger partial charge in [0, 0.05) is 30.6 Å². The fraction of sp³-hybridized carbons (Fsp3) is 0.240. The summed E-state index contributed by atoms with van der Waals surface area (Å²) in [5.74, 6) is 1.71. The molecule has 5 aromatic rings. The molecule has 1 N–H and O–H groups in total. The maximum absolute atomic E-state index is 12.7. The smallest absolute Gasteiger partial charge is 0.328 e. The Kier molecular flexibility index (Phi) is 5.12. The second-order valence-corrected chi connectivity index (χ2v) is 8.55. The van der Waals surface area contributed by atoms with E-state index in [1.54, 1.807) is 17.0 Å². The molecule has 0 radical (unpaired) electrons. The molecule has 1 aromatic carbocycles. The number of nitrogens with one attached hydrogen (secondary N) is 1. The van der Waals surface area contributed by atoms with E-state index in [2.05, 4.69) is 33.8 Å². The van der Waals surface area contributed by atoms with E-state index in [1.165, 1.54) is 0 Å². The highest BCUT2D eigenvalue weighted by Crippen LogP contribution is 2.25. The highest BCUT2D eigenvalue weighted by molar-refractivity contribution is 5.73. The summed E-state index contributed by atoms with van der Waals surface area (Å²) < 4.78 is 3.66. The number of pyridine rings is 1. The Labute approximate surface area is 191 Å². The predicted molar refractivity (Wildman–Crippen MR) is 128 cm³/mol. The van der Waals surface area contributed by atoms with Gasteiger partial charge in [-0.05, 0) is 30.5 Å². The topological polar surface area (TPSA) is 94.3 Å². The minimum absolute atomic E-state index is 0.212. The van der Waals surface area contributed by atoms with Gasteiger partial charge in [-0.1, -0.05) is 38.1 Å². The maximum Gasteiger partial charge on any atom is 0.328 e. The molecule has 33 heavy (non-hydrogen) atoms. The first-order valence-electron chi connectivity index (χ1n) is 10.9. The first kappa shape index (κ1) is 20.8. The number of benzene rings is 1. The van der Waals surface area contributed by atoms with Crippen molar-refractivity contribution >= 4 is 11.2 Å². The van der Waals surface area contributed by atoms with E-state index in [1.807, 2.05) is 61.1 Å². The molecule has 0 aliphatic carbocycles. The van der Waals surface area contributed by atoms with Gasteiger partial charge in [-0.15, -0.1) is 0 Å². The fourth-order valence-corrected chi connectivity index (χ4v) is 4.11. The summed E-state index contributed by atoms with van der Waals surface area (Å²) in [5, 5.41) is 0. The molecule has 0 amide bonds. The Balaban J connectivity index is 1.51. The van der Waals surface area contributed by atoms with E-state index in [0.29, 0.717) is 23.5 Å². The van der Waals surface area contributed by atoms with E-state index in [4.69, 9.17) is 4.98 Å². The standard InChI is InChI=1S/C25H25N7O/c1-15(2)21-19(6-5-11-26-21)22-27-12-20-24(30-22)32(25(33)29-20)14-17-7-9-18(10-8-17)23-28-16(3)13-31(23)4/h5-13,15H,14H2,1-4H3,(H,29,33). The molecule has 4 heterocycles. The molecule has 4 aromatic heterocycles. The van der Waals surface area contributed by atoms with Gasteiger partial charge >= 0.3 is 5.69 Å². The summed E-state index contributed by atoms with van der Waals surface area (Å²) in [6.07, 6.45) is 5.44. The van der Waals surface area contributed by atoms with Crippen molar-refractivity contribution in [3.05, 3.63) is 82.4 Å². The second kappa shape index (κ2) is 8.12. The van der Waals surface area contributed by atoms with Crippen molar-refractivity contribution in [1.82, 2.24) is 34.1 Å². The molecular weight excluding hydrogens is 414 g/mol. The summed E-state index contributed by atoms with van der Waals surface area (Å²) >= 11 is 0. The second-order valence-electron chi connectivity index (χ2n) is 8.55. The molecule has 0 aliphatic rings. The minimum atomic E-state index is -0.212. The van der Waals surface area contributed by atoms with Crippen molar-refractivity contribution in [3.63, 3.8) is 0 Å². The van der Waals surface area contributed by atoms with Gasteiger partial charge in [-0.2, -0.15) is 0 Å². The van der Waals surface area contributed by atoms with Crippen LogP contribution in [0.4, 0.5) is 0 Å². The third kappa shape index (κ3) is 3.84. The number of rotatable bonds is 5. The molecule has 0 aliphatic heterocycles. The van der Waals surface area contributed by atoms with Gasteiger partial charge < -0.3 is 9.55 Å². The van der Waals surface area contributed by atoms with Gasteiger partial charge in [0.05, 0.1) is 24.1 Å². The van der Waals surface area contributed by atoms with Crippen LogP contribution in [0.15, 0.2) is 59.8 Å². The Bertz CT molecular complexity index is 1510. The lowest BCUT2D eigenvalue weighted by Crippen LogP contribution is -2.17. The van der Waals surface area contributed by atoms with Crippen LogP contribution in [-0.2, 0) is 13.6 Å². The number of imidazole rings is 2. The van der Waals surface area contributed by atoms with Crippen molar-refractivity contribution in [2.24, 2.45) is 7.05 Å². The lowest BCUT2D eigenvalue weighted by Gasteiger charge is -2.10. The van der Waals surface area contributed by atoms with Gasteiger partial charge in [-0.25, -0.2) is 19.7 Å². The maximum atomic E-state index is 12.7. The number of H-pyrrole nitrogens is 1. The van der Waals surface area contributed by atoms with Crippen LogP contribution in [0.2, 0.25) is 0 Å². The van der Waals surface area contributed by atoms with Crippen LogP contribution in [0.1, 0.15) is 36.7 Å². The number of nitrogens with zero attached hydrogens (tertiary/aromatic N) is 6. The summed E-state index contributed by atoms with van der Waals surface area (Å²) in [7, 11) is 1.99. The first-order valence-corrected chi connectivity index (χ1v) is 10.9. The number of aromatic nitrogens is 7. The molecule has 0 saturated heterocycles. The number of aryl methyl sites for hydroxylation is 2. The third-order valence-electron chi connectivity index (χ3n) is 5.69. The molecule has 0 saturated carbocycles. The summed E-state index contributed by atoms with van der Waals surface area (Å²) in [5.41, 5.74) is 5.79. The largest absolute Gasteiger partial charge is 0.334 e. The summed E-state index contributed by atoms with van der Waals surface area (Å²) in [4.78, 5) is 33.9. The van der Waals surface area contributed by atoms with E-state index in [0.717, 1.165) is 33.9 Å². The summed E-state index contributed by atoms with van der Waals surface area (Å²) in [6, 6.07) is 11.9. The molecule has 0 fully saturated rings. The summed E-state index contributed by atoms with van der Waals surface area (Å²) in [6.45, 7) is 6.56. The average molecular weight is 440 g/mol. The molecule has 8 heteroatoms. The van der Waals surface area contributed by atoms with Crippen LogP contribution in [0.3, 0.4) is 0 Å². The molecule has 5 rings (SSSR count). The molecule has 0 unspecified atom stereocenters. The number of fused-ring (bicyclic) bond motifs is 1. The van der Waals surface area contributed by atoms with Gasteiger partial charge in [-0.3, -0.25) is 9.55 Å².